The highest BCUT2D eigenvalue weighted by Crippen LogP contribution is 2.41. The van der Waals surface area contributed by atoms with Crippen molar-refractivity contribution in [1.82, 2.24) is 9.47 Å². The fourth-order valence-corrected chi connectivity index (χ4v) is 4.44. The van der Waals surface area contributed by atoms with Crippen LogP contribution in [-0.4, -0.2) is 28.6 Å². The summed E-state index contributed by atoms with van der Waals surface area (Å²) in [6.45, 7) is 0. The minimum Gasteiger partial charge on any atom is -0.344 e. The smallest absolute Gasteiger partial charge is 0.0483 e. The van der Waals surface area contributed by atoms with Crippen LogP contribution >= 0.6 is 15.9 Å². The van der Waals surface area contributed by atoms with Gasteiger partial charge in [0.2, 0.25) is 0 Å². The quantitative estimate of drug-likeness (QED) is 0.765. The molecule has 0 spiro atoms. The molecule has 2 saturated heterocycles. The number of aromatic nitrogens is 1. The van der Waals surface area contributed by atoms with Gasteiger partial charge in [-0.2, -0.15) is 0 Å². The van der Waals surface area contributed by atoms with Gasteiger partial charge in [0.1, 0.15) is 0 Å². The Morgan fingerprint density at radius 1 is 1.05 bits per heavy atom. The first-order chi connectivity index (χ1) is 9.22. The number of halogens is 1. The van der Waals surface area contributed by atoms with Crippen molar-refractivity contribution in [3.05, 3.63) is 34.9 Å². The second-order valence-corrected chi connectivity index (χ2v) is 7.02. The van der Waals surface area contributed by atoms with Gasteiger partial charge in [0.15, 0.2) is 0 Å². The Morgan fingerprint density at radius 2 is 1.79 bits per heavy atom. The fraction of sp³-hybridized carbons (Fsp3) is 0.500. The summed E-state index contributed by atoms with van der Waals surface area (Å²) in [6.07, 6.45) is 7.69. The molecule has 2 atom stereocenters. The van der Waals surface area contributed by atoms with Crippen LogP contribution < -0.4 is 0 Å². The number of rotatable bonds is 1. The van der Waals surface area contributed by atoms with Gasteiger partial charge in [-0.15, -0.1) is 0 Å². The molecule has 2 bridgehead atoms. The largest absolute Gasteiger partial charge is 0.344 e. The Balaban J connectivity index is 1.72. The van der Waals surface area contributed by atoms with E-state index in [4.69, 9.17) is 0 Å². The van der Waals surface area contributed by atoms with Crippen LogP contribution in [0.5, 0.6) is 0 Å². The molecular formula is C16H19BrN2. The lowest BCUT2D eigenvalue weighted by Crippen LogP contribution is -2.40. The molecule has 2 aromatic rings. The van der Waals surface area contributed by atoms with Crippen molar-refractivity contribution < 1.29 is 0 Å². The van der Waals surface area contributed by atoms with E-state index in [1.165, 1.54) is 41.1 Å². The molecule has 2 aliphatic rings. The van der Waals surface area contributed by atoms with Crippen molar-refractivity contribution in [3.63, 3.8) is 0 Å². The zero-order valence-electron chi connectivity index (χ0n) is 11.2. The van der Waals surface area contributed by atoms with Crippen molar-refractivity contribution in [3.8, 4) is 0 Å². The first-order valence-corrected chi connectivity index (χ1v) is 8.00. The molecule has 0 N–H and O–H groups in total. The number of hydrogen-bond acceptors (Lipinski definition) is 1. The minimum absolute atomic E-state index is 0.687. The highest BCUT2D eigenvalue weighted by Gasteiger charge is 2.39. The fourth-order valence-electron chi connectivity index (χ4n) is 4.06. The second kappa shape index (κ2) is 4.35. The van der Waals surface area contributed by atoms with E-state index in [-0.39, 0.29) is 0 Å². The van der Waals surface area contributed by atoms with E-state index in [2.05, 4.69) is 62.9 Å². The lowest BCUT2D eigenvalue weighted by Gasteiger charge is -2.37. The molecule has 19 heavy (non-hydrogen) atoms. The van der Waals surface area contributed by atoms with Gasteiger partial charge >= 0.3 is 0 Å². The van der Waals surface area contributed by atoms with E-state index in [9.17, 15) is 0 Å². The van der Waals surface area contributed by atoms with Crippen molar-refractivity contribution in [2.75, 3.05) is 7.05 Å². The molecule has 0 radical (unpaired) electrons. The maximum Gasteiger partial charge on any atom is 0.0483 e. The van der Waals surface area contributed by atoms with Crippen LogP contribution in [0.1, 0.15) is 31.7 Å². The molecule has 2 fully saturated rings. The normalized spacial score (nSPS) is 31.2. The van der Waals surface area contributed by atoms with Crippen LogP contribution in [0.3, 0.4) is 0 Å². The van der Waals surface area contributed by atoms with Gasteiger partial charge in [0.05, 0.1) is 0 Å². The van der Waals surface area contributed by atoms with Gasteiger partial charge in [-0.1, -0.05) is 15.9 Å². The summed E-state index contributed by atoms with van der Waals surface area (Å²) in [6, 6.07) is 11.2. The van der Waals surface area contributed by atoms with Crippen LogP contribution in [0, 0.1) is 0 Å². The Hall–Kier alpha value is -0.800. The average Bonchev–Trinajstić information content (AvgIpc) is 2.87. The summed E-state index contributed by atoms with van der Waals surface area (Å²) in [5.41, 5.74) is 1.39. The van der Waals surface area contributed by atoms with Crippen LogP contribution in [0.25, 0.3) is 10.9 Å². The molecule has 4 rings (SSSR count). The number of hydrogen-bond donors (Lipinski definition) is 0. The molecule has 100 valence electrons. The van der Waals surface area contributed by atoms with Gasteiger partial charge in [-0.05, 0) is 57.0 Å². The molecule has 0 saturated carbocycles. The third-order valence-corrected chi connectivity index (χ3v) is 5.64. The maximum absolute atomic E-state index is 3.56. The lowest BCUT2D eigenvalue weighted by atomic mass is 9.97. The number of piperidine rings is 1. The average molecular weight is 319 g/mol. The summed E-state index contributed by atoms with van der Waals surface area (Å²) in [7, 11) is 2.31. The van der Waals surface area contributed by atoms with Gasteiger partial charge in [-0.3, -0.25) is 0 Å². The third kappa shape index (κ3) is 1.86. The zero-order valence-corrected chi connectivity index (χ0v) is 12.8. The summed E-state index contributed by atoms with van der Waals surface area (Å²) in [5.74, 6) is 0. The standard InChI is InChI=1S/C16H19BrN2/c1-18-13-3-4-14(18)10-15(9-13)19-7-6-11-8-12(17)2-5-16(11)19/h2,5-8,13-15H,3-4,9-10H2,1H3. The van der Waals surface area contributed by atoms with E-state index in [1.54, 1.807) is 0 Å². The van der Waals surface area contributed by atoms with Gasteiger partial charge in [0, 0.05) is 39.7 Å². The van der Waals surface area contributed by atoms with E-state index < -0.39 is 0 Å². The SMILES string of the molecule is CN1C2CCC1CC(n1ccc3cc(Br)ccc31)C2. The Morgan fingerprint density at radius 3 is 2.53 bits per heavy atom. The first-order valence-electron chi connectivity index (χ1n) is 7.20. The number of nitrogens with zero attached hydrogens (tertiary/aromatic N) is 2. The van der Waals surface area contributed by atoms with Crippen LogP contribution in [0.2, 0.25) is 0 Å². The molecule has 2 nitrogen and oxygen atoms in total. The van der Waals surface area contributed by atoms with Gasteiger partial charge in [0.25, 0.3) is 0 Å². The van der Waals surface area contributed by atoms with Crippen molar-refractivity contribution in [1.29, 1.82) is 0 Å². The second-order valence-electron chi connectivity index (χ2n) is 6.10. The molecular weight excluding hydrogens is 300 g/mol. The molecule has 3 heterocycles. The van der Waals surface area contributed by atoms with E-state index >= 15 is 0 Å². The van der Waals surface area contributed by atoms with Gasteiger partial charge in [-0.25, -0.2) is 0 Å². The maximum atomic E-state index is 3.56. The molecule has 3 heteroatoms. The molecule has 1 aromatic carbocycles. The lowest BCUT2D eigenvalue weighted by molar-refractivity contribution is 0.139. The van der Waals surface area contributed by atoms with Crippen molar-refractivity contribution in [2.24, 2.45) is 0 Å². The predicted molar refractivity (Wildman–Crippen MR) is 82.5 cm³/mol. The summed E-state index contributed by atoms with van der Waals surface area (Å²) in [5, 5.41) is 1.35. The van der Waals surface area contributed by atoms with Gasteiger partial charge < -0.3 is 9.47 Å². The number of benzene rings is 1. The highest BCUT2D eigenvalue weighted by atomic mass is 79.9. The van der Waals surface area contributed by atoms with E-state index in [0.29, 0.717) is 6.04 Å². The molecule has 2 aliphatic heterocycles. The van der Waals surface area contributed by atoms with Crippen molar-refractivity contribution in [2.45, 2.75) is 43.8 Å². The van der Waals surface area contributed by atoms with E-state index in [0.717, 1.165) is 12.1 Å². The Bertz CT molecular complexity index is 604. The molecule has 2 unspecified atom stereocenters. The van der Waals surface area contributed by atoms with Crippen LogP contribution in [0.15, 0.2) is 34.9 Å². The molecule has 0 aliphatic carbocycles. The Labute approximate surface area is 122 Å². The number of fused-ring (bicyclic) bond motifs is 3. The Kier molecular flexibility index (Phi) is 2.75. The van der Waals surface area contributed by atoms with Crippen LogP contribution in [-0.2, 0) is 0 Å². The summed E-state index contributed by atoms with van der Waals surface area (Å²) < 4.78 is 3.68. The van der Waals surface area contributed by atoms with Crippen molar-refractivity contribution >= 4 is 26.8 Å². The minimum atomic E-state index is 0.687. The summed E-state index contributed by atoms with van der Waals surface area (Å²) in [4.78, 5) is 2.61. The first kappa shape index (κ1) is 12.0. The monoisotopic (exact) mass is 318 g/mol. The predicted octanol–water partition coefficient (Wildman–Crippen LogP) is 4.20. The third-order valence-electron chi connectivity index (χ3n) is 5.15. The topological polar surface area (TPSA) is 8.17 Å². The van der Waals surface area contributed by atoms with Crippen LogP contribution in [0.4, 0.5) is 0 Å². The zero-order chi connectivity index (χ0) is 13.0. The highest BCUT2D eigenvalue weighted by molar-refractivity contribution is 9.10. The molecule has 1 aromatic heterocycles. The van der Waals surface area contributed by atoms with E-state index in [1.807, 2.05) is 0 Å². The summed E-state index contributed by atoms with van der Waals surface area (Å²) >= 11 is 3.56. The molecule has 0 amide bonds.